The van der Waals surface area contributed by atoms with E-state index in [1.54, 1.807) is 29.2 Å². The van der Waals surface area contributed by atoms with Gasteiger partial charge in [0.15, 0.2) is 0 Å². The van der Waals surface area contributed by atoms with E-state index in [1.165, 1.54) is 12.5 Å². The van der Waals surface area contributed by atoms with E-state index in [0.29, 0.717) is 35.7 Å². The number of pyridine rings is 1. The van der Waals surface area contributed by atoms with Crippen LogP contribution in [0.15, 0.2) is 41.4 Å². The zero-order valence-electron chi connectivity index (χ0n) is 13.3. The highest BCUT2D eigenvalue weighted by atomic mass is 35.5. The SMILES string of the molecule is O=C(N[C@@H]1CC(Cn2cc(Cl)cn2)C[C@H]1O)c1cnc2occc2c1. The summed E-state index contributed by atoms with van der Waals surface area (Å²) >= 11 is 5.87. The normalized spacial score (nSPS) is 23.2. The molecular weight excluding hydrogens is 344 g/mol. The van der Waals surface area contributed by atoms with Gasteiger partial charge in [0, 0.05) is 24.3 Å². The Bertz CT molecular complexity index is 906. The number of carbonyl (C=O) groups is 1. The zero-order valence-corrected chi connectivity index (χ0v) is 14.1. The van der Waals surface area contributed by atoms with Gasteiger partial charge in [-0.15, -0.1) is 0 Å². The third-order valence-corrected chi connectivity index (χ3v) is 4.75. The molecule has 1 amide bonds. The third-order valence-electron chi connectivity index (χ3n) is 4.56. The molecule has 3 atom stereocenters. The van der Waals surface area contributed by atoms with E-state index in [9.17, 15) is 9.90 Å². The molecule has 0 aliphatic heterocycles. The lowest BCUT2D eigenvalue weighted by atomic mass is 10.1. The minimum Gasteiger partial charge on any atom is -0.446 e. The van der Waals surface area contributed by atoms with Crippen molar-refractivity contribution in [3.63, 3.8) is 0 Å². The van der Waals surface area contributed by atoms with Gasteiger partial charge in [0.05, 0.1) is 35.2 Å². The van der Waals surface area contributed by atoms with Gasteiger partial charge < -0.3 is 14.8 Å². The fourth-order valence-corrected chi connectivity index (χ4v) is 3.52. The lowest BCUT2D eigenvalue weighted by Gasteiger charge is -2.16. The number of nitrogens with one attached hydrogen (secondary N) is 1. The third kappa shape index (κ3) is 3.38. The minimum atomic E-state index is -0.578. The predicted molar refractivity (Wildman–Crippen MR) is 91.2 cm³/mol. The van der Waals surface area contributed by atoms with Crippen LogP contribution in [0.2, 0.25) is 5.02 Å². The van der Waals surface area contributed by atoms with Crippen LogP contribution in [0.5, 0.6) is 0 Å². The van der Waals surface area contributed by atoms with Crippen LogP contribution in [0.1, 0.15) is 23.2 Å². The number of carbonyl (C=O) groups excluding carboxylic acids is 1. The van der Waals surface area contributed by atoms with Gasteiger partial charge in [-0.05, 0) is 30.9 Å². The van der Waals surface area contributed by atoms with Crippen molar-refractivity contribution in [3.8, 4) is 0 Å². The number of fused-ring (bicyclic) bond motifs is 1. The number of aliphatic hydroxyl groups excluding tert-OH is 1. The Morgan fingerprint density at radius 2 is 2.32 bits per heavy atom. The molecule has 0 bridgehead atoms. The van der Waals surface area contributed by atoms with Crippen LogP contribution in [0, 0.1) is 5.92 Å². The number of furan rings is 1. The highest BCUT2D eigenvalue weighted by Crippen LogP contribution is 2.28. The topological polar surface area (TPSA) is 93.2 Å². The van der Waals surface area contributed by atoms with Crippen molar-refractivity contribution in [2.45, 2.75) is 31.5 Å². The average molecular weight is 361 g/mol. The first-order valence-corrected chi connectivity index (χ1v) is 8.46. The van der Waals surface area contributed by atoms with Crippen molar-refractivity contribution in [1.82, 2.24) is 20.1 Å². The van der Waals surface area contributed by atoms with Crippen LogP contribution in [0.4, 0.5) is 0 Å². The summed E-state index contributed by atoms with van der Waals surface area (Å²) in [7, 11) is 0. The fraction of sp³-hybridized carbons (Fsp3) is 0.353. The molecule has 1 saturated carbocycles. The Hall–Kier alpha value is -2.38. The van der Waals surface area contributed by atoms with Crippen LogP contribution >= 0.6 is 11.6 Å². The lowest BCUT2D eigenvalue weighted by molar-refractivity contribution is 0.0872. The molecule has 8 heteroatoms. The Morgan fingerprint density at radius 1 is 1.44 bits per heavy atom. The summed E-state index contributed by atoms with van der Waals surface area (Å²) in [6.45, 7) is 0.665. The molecule has 25 heavy (non-hydrogen) atoms. The van der Waals surface area contributed by atoms with E-state index < -0.39 is 6.10 Å². The van der Waals surface area contributed by atoms with Gasteiger partial charge in [0.25, 0.3) is 5.91 Å². The van der Waals surface area contributed by atoms with Gasteiger partial charge in [-0.1, -0.05) is 11.6 Å². The molecule has 4 rings (SSSR count). The van der Waals surface area contributed by atoms with E-state index in [4.69, 9.17) is 16.0 Å². The van der Waals surface area contributed by atoms with Crippen molar-refractivity contribution in [2.24, 2.45) is 5.92 Å². The first-order chi connectivity index (χ1) is 12.1. The first kappa shape index (κ1) is 16.1. The van der Waals surface area contributed by atoms with Crippen molar-refractivity contribution >= 4 is 28.6 Å². The highest BCUT2D eigenvalue weighted by molar-refractivity contribution is 6.30. The van der Waals surface area contributed by atoms with Crippen LogP contribution in [0.3, 0.4) is 0 Å². The molecule has 0 spiro atoms. The maximum absolute atomic E-state index is 12.5. The Labute approximate surface area is 148 Å². The maximum Gasteiger partial charge on any atom is 0.253 e. The van der Waals surface area contributed by atoms with E-state index in [1.807, 2.05) is 0 Å². The molecule has 3 heterocycles. The number of hydrogen-bond donors (Lipinski definition) is 2. The molecule has 0 aromatic carbocycles. The van der Waals surface area contributed by atoms with Gasteiger partial charge in [-0.25, -0.2) is 4.98 Å². The molecule has 3 aromatic heterocycles. The van der Waals surface area contributed by atoms with Gasteiger partial charge in [0.2, 0.25) is 5.71 Å². The maximum atomic E-state index is 12.5. The largest absolute Gasteiger partial charge is 0.446 e. The molecule has 0 radical (unpaired) electrons. The molecule has 130 valence electrons. The van der Waals surface area contributed by atoms with Crippen molar-refractivity contribution in [1.29, 1.82) is 0 Å². The number of amides is 1. The van der Waals surface area contributed by atoms with Gasteiger partial charge >= 0.3 is 0 Å². The number of nitrogens with zero attached hydrogens (tertiary/aromatic N) is 3. The van der Waals surface area contributed by atoms with Gasteiger partial charge in [0.1, 0.15) is 0 Å². The molecule has 1 aliphatic carbocycles. The molecule has 2 N–H and O–H groups in total. The first-order valence-electron chi connectivity index (χ1n) is 8.08. The Kier molecular flexibility index (Phi) is 4.19. The van der Waals surface area contributed by atoms with Crippen LogP contribution in [0.25, 0.3) is 11.1 Å². The summed E-state index contributed by atoms with van der Waals surface area (Å²) in [5.74, 6) is -0.0202. The molecule has 1 fully saturated rings. The molecule has 1 unspecified atom stereocenters. The van der Waals surface area contributed by atoms with Crippen molar-refractivity contribution < 1.29 is 14.3 Å². The molecule has 7 nitrogen and oxygen atoms in total. The Balaban J connectivity index is 1.40. The van der Waals surface area contributed by atoms with Gasteiger partial charge in [-0.2, -0.15) is 5.10 Å². The van der Waals surface area contributed by atoms with Crippen molar-refractivity contribution in [3.05, 3.63) is 47.6 Å². The summed E-state index contributed by atoms with van der Waals surface area (Å²) in [6, 6.07) is 3.20. The quantitative estimate of drug-likeness (QED) is 0.744. The number of aliphatic hydroxyl groups is 1. The molecule has 1 aliphatic rings. The van der Waals surface area contributed by atoms with Gasteiger partial charge in [-0.3, -0.25) is 9.48 Å². The molecule has 3 aromatic rings. The minimum absolute atomic E-state index is 0.228. The Morgan fingerprint density at radius 3 is 3.12 bits per heavy atom. The van der Waals surface area contributed by atoms with Crippen LogP contribution < -0.4 is 5.32 Å². The molecular formula is C17H17ClN4O3. The zero-order chi connectivity index (χ0) is 17.4. The number of halogens is 1. The summed E-state index contributed by atoms with van der Waals surface area (Å²) in [4.78, 5) is 16.6. The second-order valence-electron chi connectivity index (χ2n) is 6.40. The summed E-state index contributed by atoms with van der Waals surface area (Å²) in [5.41, 5.74) is 0.943. The summed E-state index contributed by atoms with van der Waals surface area (Å²) < 4.78 is 6.94. The van der Waals surface area contributed by atoms with E-state index >= 15 is 0 Å². The summed E-state index contributed by atoms with van der Waals surface area (Å²) in [5, 5.41) is 18.7. The molecule has 0 saturated heterocycles. The second-order valence-corrected chi connectivity index (χ2v) is 6.84. The number of aromatic nitrogens is 3. The standard InChI is InChI=1S/C17H17ClN4O3/c18-13-7-20-22(9-13)8-10-3-14(15(23)4-10)21-16(24)12-5-11-1-2-25-17(11)19-6-12/h1-2,5-7,9-10,14-15,23H,3-4,8H2,(H,21,24)/t10?,14-,15-/m1/s1. The fourth-order valence-electron chi connectivity index (χ4n) is 3.36. The second kappa shape index (κ2) is 6.50. The average Bonchev–Trinajstić information content (AvgIpc) is 3.28. The smallest absolute Gasteiger partial charge is 0.253 e. The predicted octanol–water partition coefficient (Wildman–Crippen LogP) is 2.25. The summed E-state index contributed by atoms with van der Waals surface area (Å²) in [6.07, 6.45) is 7.08. The van der Waals surface area contributed by atoms with E-state index in [0.717, 1.165) is 5.39 Å². The lowest BCUT2D eigenvalue weighted by Crippen LogP contribution is -2.39. The highest BCUT2D eigenvalue weighted by Gasteiger charge is 2.34. The van der Waals surface area contributed by atoms with Crippen LogP contribution in [-0.4, -0.2) is 37.9 Å². The van der Waals surface area contributed by atoms with E-state index in [-0.39, 0.29) is 17.9 Å². The number of hydrogen-bond acceptors (Lipinski definition) is 5. The van der Waals surface area contributed by atoms with Crippen LogP contribution in [-0.2, 0) is 6.54 Å². The number of rotatable bonds is 4. The van der Waals surface area contributed by atoms with Crippen molar-refractivity contribution in [2.75, 3.05) is 0 Å². The van der Waals surface area contributed by atoms with E-state index in [2.05, 4.69) is 15.4 Å². The monoisotopic (exact) mass is 360 g/mol.